The Morgan fingerprint density at radius 3 is 1.58 bits per heavy atom. The lowest BCUT2D eigenvalue weighted by molar-refractivity contribution is -0.144. The Balaban J connectivity index is 1.94. The van der Waals surface area contributed by atoms with E-state index in [0.29, 0.717) is 38.9 Å². The quantitative estimate of drug-likeness (QED) is 0.191. The van der Waals surface area contributed by atoms with Crippen LogP contribution in [0.25, 0.3) is 11.1 Å². The van der Waals surface area contributed by atoms with Crippen LogP contribution in [0.5, 0.6) is 0 Å². The molecule has 3 rings (SSSR count). The van der Waals surface area contributed by atoms with Crippen molar-refractivity contribution in [2.75, 3.05) is 13.2 Å². The third-order valence-corrected chi connectivity index (χ3v) is 7.30. The number of ether oxygens (including phenoxy) is 2. The zero-order valence-corrected chi connectivity index (χ0v) is 22.6. The molecule has 0 bridgehead atoms. The van der Waals surface area contributed by atoms with Gasteiger partial charge in [0.15, 0.2) is 0 Å². The topological polar surface area (TPSA) is 52.6 Å². The minimum absolute atomic E-state index is 0.187. The molecule has 0 radical (unpaired) electrons. The molecule has 2 aromatic carbocycles. The molecule has 0 amide bonds. The van der Waals surface area contributed by atoms with E-state index in [2.05, 4.69) is 70.0 Å². The van der Waals surface area contributed by atoms with Crippen LogP contribution in [0, 0.1) is 0 Å². The maximum atomic E-state index is 12.6. The van der Waals surface area contributed by atoms with Gasteiger partial charge in [0.1, 0.15) is 0 Å². The Labute approximate surface area is 213 Å². The van der Waals surface area contributed by atoms with E-state index >= 15 is 0 Å². The van der Waals surface area contributed by atoms with E-state index in [1.165, 1.54) is 0 Å². The first-order chi connectivity index (χ1) is 15.9. The zero-order valence-electron chi connectivity index (χ0n) is 19.4. The van der Waals surface area contributed by atoms with E-state index in [4.69, 9.17) is 9.47 Å². The molecule has 0 unspecified atom stereocenters. The van der Waals surface area contributed by atoms with Crippen molar-refractivity contribution in [1.82, 2.24) is 0 Å². The van der Waals surface area contributed by atoms with E-state index in [1.54, 1.807) is 0 Å². The van der Waals surface area contributed by atoms with Gasteiger partial charge in [-0.3, -0.25) is 9.59 Å². The predicted octanol–water partition coefficient (Wildman–Crippen LogP) is 7.73. The lowest BCUT2D eigenvalue weighted by Gasteiger charge is -2.32. The number of carbonyl (C=O) groups excluding carboxylic acids is 2. The highest BCUT2D eigenvalue weighted by atomic mass is 79.9. The average molecular weight is 580 g/mol. The molecule has 1 aliphatic rings. The van der Waals surface area contributed by atoms with Gasteiger partial charge in [-0.25, -0.2) is 0 Å². The largest absolute Gasteiger partial charge is 0.466 e. The summed E-state index contributed by atoms with van der Waals surface area (Å²) < 4.78 is 12.9. The highest BCUT2D eigenvalue weighted by molar-refractivity contribution is 9.10. The van der Waals surface area contributed by atoms with Crippen molar-refractivity contribution < 1.29 is 19.1 Å². The van der Waals surface area contributed by atoms with Gasteiger partial charge >= 0.3 is 11.9 Å². The van der Waals surface area contributed by atoms with Crippen LogP contribution in [-0.2, 0) is 24.5 Å². The maximum Gasteiger partial charge on any atom is 0.305 e. The molecule has 0 N–H and O–H groups in total. The molecule has 0 saturated heterocycles. The summed E-state index contributed by atoms with van der Waals surface area (Å²) in [6.45, 7) is 5.06. The van der Waals surface area contributed by atoms with Crippen molar-refractivity contribution in [3.05, 3.63) is 56.5 Å². The predicted molar refractivity (Wildman–Crippen MR) is 138 cm³/mol. The highest BCUT2D eigenvalue weighted by Gasteiger charge is 2.43. The number of benzene rings is 2. The zero-order chi connectivity index (χ0) is 23.8. The SMILES string of the molecule is CCCCOC(=O)CCC1(CCC(=O)OCCCC)c2cc(Br)ccc2-c2ccc(Br)cc21. The van der Waals surface area contributed by atoms with Crippen molar-refractivity contribution in [3.8, 4) is 11.1 Å². The van der Waals surface area contributed by atoms with Crippen LogP contribution in [0.15, 0.2) is 45.3 Å². The van der Waals surface area contributed by atoms with Gasteiger partial charge in [0, 0.05) is 27.2 Å². The standard InChI is InChI=1S/C27H32Br2O4/c1-3-5-15-32-25(30)11-13-27(14-12-26(31)33-16-6-4-2)23-17-19(28)7-9-21(23)22-10-8-20(29)18-24(22)27/h7-10,17-18H,3-6,11-16H2,1-2H3. The van der Waals surface area contributed by atoms with Gasteiger partial charge in [-0.15, -0.1) is 0 Å². The summed E-state index contributed by atoms with van der Waals surface area (Å²) in [6, 6.07) is 12.6. The number of fused-ring (bicyclic) bond motifs is 3. The molecular weight excluding hydrogens is 548 g/mol. The van der Waals surface area contributed by atoms with E-state index in [0.717, 1.165) is 56.9 Å². The second-order valence-corrected chi connectivity index (χ2v) is 10.4. The number of unbranched alkanes of at least 4 members (excludes halogenated alkanes) is 2. The summed E-state index contributed by atoms with van der Waals surface area (Å²) in [5.41, 5.74) is 4.13. The fourth-order valence-corrected chi connectivity index (χ4v) is 5.26. The first-order valence-corrected chi connectivity index (χ1v) is 13.4. The lowest BCUT2D eigenvalue weighted by Crippen LogP contribution is -2.28. The first-order valence-electron chi connectivity index (χ1n) is 11.8. The average Bonchev–Trinajstić information content (AvgIpc) is 3.05. The fraction of sp³-hybridized carbons (Fsp3) is 0.481. The van der Waals surface area contributed by atoms with Gasteiger partial charge < -0.3 is 9.47 Å². The van der Waals surface area contributed by atoms with Crippen LogP contribution in [0.1, 0.15) is 76.3 Å². The van der Waals surface area contributed by atoms with Gasteiger partial charge in [-0.1, -0.05) is 70.7 Å². The molecule has 0 fully saturated rings. The van der Waals surface area contributed by atoms with Crippen molar-refractivity contribution in [2.24, 2.45) is 0 Å². The Hall–Kier alpha value is -1.66. The summed E-state index contributed by atoms with van der Waals surface area (Å²) in [5, 5.41) is 0. The normalized spacial score (nSPS) is 13.3. The van der Waals surface area contributed by atoms with Gasteiger partial charge in [0.2, 0.25) is 0 Å². The molecule has 0 heterocycles. The number of hydrogen-bond donors (Lipinski definition) is 0. The van der Waals surface area contributed by atoms with Crippen LogP contribution < -0.4 is 0 Å². The summed E-state index contributed by atoms with van der Waals surface area (Å²) in [7, 11) is 0. The summed E-state index contributed by atoms with van der Waals surface area (Å²) in [6.07, 6.45) is 5.46. The number of carbonyl (C=O) groups is 2. The first kappa shape index (κ1) is 26.0. The molecule has 0 spiro atoms. The van der Waals surface area contributed by atoms with E-state index in [9.17, 15) is 9.59 Å². The second kappa shape index (κ2) is 12.2. The van der Waals surface area contributed by atoms with Gasteiger partial charge in [0.25, 0.3) is 0 Å². The molecule has 6 heteroatoms. The monoisotopic (exact) mass is 578 g/mol. The molecular formula is C27H32Br2O4. The van der Waals surface area contributed by atoms with Crippen molar-refractivity contribution >= 4 is 43.8 Å². The maximum absolute atomic E-state index is 12.6. The van der Waals surface area contributed by atoms with Crippen molar-refractivity contribution in [1.29, 1.82) is 0 Å². The Morgan fingerprint density at radius 1 is 0.758 bits per heavy atom. The molecule has 0 aliphatic heterocycles. The Morgan fingerprint density at radius 2 is 1.18 bits per heavy atom. The molecule has 4 nitrogen and oxygen atoms in total. The van der Waals surface area contributed by atoms with Crippen molar-refractivity contribution in [2.45, 2.75) is 70.6 Å². The van der Waals surface area contributed by atoms with E-state index in [-0.39, 0.29) is 11.9 Å². The fourth-order valence-electron chi connectivity index (χ4n) is 4.54. The number of hydrogen-bond acceptors (Lipinski definition) is 4. The van der Waals surface area contributed by atoms with E-state index < -0.39 is 5.41 Å². The molecule has 178 valence electrons. The number of esters is 2. The van der Waals surface area contributed by atoms with Crippen LogP contribution >= 0.6 is 31.9 Å². The number of rotatable bonds is 12. The highest BCUT2D eigenvalue weighted by Crippen LogP contribution is 2.55. The van der Waals surface area contributed by atoms with Crippen LogP contribution in [-0.4, -0.2) is 25.2 Å². The summed E-state index contributed by atoms with van der Waals surface area (Å²) in [5.74, 6) is -0.373. The molecule has 0 aromatic heterocycles. The van der Waals surface area contributed by atoms with Crippen molar-refractivity contribution in [3.63, 3.8) is 0 Å². The number of halogens is 2. The summed E-state index contributed by atoms with van der Waals surface area (Å²) >= 11 is 7.26. The van der Waals surface area contributed by atoms with Crippen LogP contribution in [0.2, 0.25) is 0 Å². The van der Waals surface area contributed by atoms with E-state index in [1.807, 2.05) is 12.1 Å². The van der Waals surface area contributed by atoms with Gasteiger partial charge in [-0.2, -0.15) is 0 Å². The third kappa shape index (κ3) is 6.27. The second-order valence-electron chi connectivity index (χ2n) is 8.61. The molecule has 2 aromatic rings. The molecule has 33 heavy (non-hydrogen) atoms. The Kier molecular flexibility index (Phi) is 9.57. The molecule has 0 atom stereocenters. The Bertz CT molecular complexity index is 907. The minimum Gasteiger partial charge on any atom is -0.466 e. The minimum atomic E-state index is -0.466. The summed E-state index contributed by atoms with van der Waals surface area (Å²) in [4.78, 5) is 25.1. The van der Waals surface area contributed by atoms with Crippen LogP contribution in [0.4, 0.5) is 0 Å². The molecule has 0 saturated carbocycles. The third-order valence-electron chi connectivity index (χ3n) is 6.32. The smallest absolute Gasteiger partial charge is 0.305 e. The van der Waals surface area contributed by atoms with Gasteiger partial charge in [-0.05, 0) is 72.2 Å². The van der Waals surface area contributed by atoms with Crippen LogP contribution in [0.3, 0.4) is 0 Å². The van der Waals surface area contributed by atoms with Gasteiger partial charge in [0.05, 0.1) is 13.2 Å². The lowest BCUT2D eigenvalue weighted by atomic mass is 9.71. The molecule has 1 aliphatic carbocycles.